The van der Waals surface area contributed by atoms with Gasteiger partial charge in [-0.25, -0.2) is 0 Å². The van der Waals surface area contributed by atoms with Crippen molar-refractivity contribution in [1.82, 2.24) is 9.88 Å². The van der Waals surface area contributed by atoms with Crippen LogP contribution in [-0.4, -0.2) is 28.9 Å². The Morgan fingerprint density at radius 1 is 1.12 bits per heavy atom. The summed E-state index contributed by atoms with van der Waals surface area (Å²) in [5.74, 6) is 0.639. The highest BCUT2D eigenvalue weighted by Crippen LogP contribution is 2.43. The van der Waals surface area contributed by atoms with Crippen LogP contribution in [0.4, 0.5) is 0 Å². The molecule has 3 heteroatoms. The molecule has 4 rings (SSSR count). The highest BCUT2D eigenvalue weighted by atomic mass is 16.2. The van der Waals surface area contributed by atoms with Crippen LogP contribution in [0.15, 0.2) is 48.7 Å². The molecule has 3 nitrogen and oxygen atoms in total. The minimum atomic E-state index is 0.0713. The van der Waals surface area contributed by atoms with Crippen molar-refractivity contribution in [3.8, 4) is 0 Å². The molecule has 1 spiro atoms. The van der Waals surface area contributed by atoms with Crippen LogP contribution >= 0.6 is 0 Å². The predicted octanol–water partition coefficient (Wildman–Crippen LogP) is 4.41. The number of fused-ring (bicyclic) bond motifs is 2. The van der Waals surface area contributed by atoms with Crippen molar-refractivity contribution in [3.63, 3.8) is 0 Å². The Bertz CT molecular complexity index is 812. The molecule has 1 fully saturated rings. The third-order valence-corrected chi connectivity index (χ3v) is 5.70. The molecule has 1 aromatic heterocycles. The lowest BCUT2D eigenvalue weighted by Crippen LogP contribution is -2.44. The lowest BCUT2D eigenvalue weighted by molar-refractivity contribution is 0.0690. The summed E-state index contributed by atoms with van der Waals surface area (Å²) in [5.41, 5.74) is 4.55. The Morgan fingerprint density at radius 3 is 2.52 bits per heavy atom. The number of allylic oxidation sites excluding steroid dienone is 1. The fourth-order valence-corrected chi connectivity index (χ4v) is 4.04. The number of nitrogens with zero attached hydrogens (tertiary/aromatic N) is 2. The minimum Gasteiger partial charge on any atom is -0.339 e. The Hall–Kier alpha value is -2.42. The Labute approximate surface area is 149 Å². The van der Waals surface area contributed by atoms with Crippen molar-refractivity contribution in [1.29, 1.82) is 0 Å². The van der Waals surface area contributed by atoms with Crippen LogP contribution in [0, 0.1) is 0 Å². The number of aromatic nitrogens is 1. The number of benzene rings is 1. The first-order chi connectivity index (χ1) is 12.1. The largest absolute Gasteiger partial charge is 0.339 e. The quantitative estimate of drug-likeness (QED) is 0.816. The molecule has 0 atom stereocenters. The summed E-state index contributed by atoms with van der Waals surface area (Å²) in [6.45, 7) is 5.93. The van der Waals surface area contributed by atoms with Gasteiger partial charge < -0.3 is 4.90 Å². The van der Waals surface area contributed by atoms with E-state index >= 15 is 0 Å². The number of hydrogen-bond acceptors (Lipinski definition) is 2. The number of pyridine rings is 1. The molecule has 25 heavy (non-hydrogen) atoms. The molecule has 0 saturated carbocycles. The molecule has 128 valence electrons. The third-order valence-electron chi connectivity index (χ3n) is 5.70. The van der Waals surface area contributed by atoms with Gasteiger partial charge in [0, 0.05) is 30.3 Å². The molecule has 1 aromatic carbocycles. The van der Waals surface area contributed by atoms with E-state index in [4.69, 9.17) is 0 Å². The lowest BCUT2D eigenvalue weighted by atomic mass is 9.75. The summed E-state index contributed by atoms with van der Waals surface area (Å²) in [6, 6.07) is 12.3. The van der Waals surface area contributed by atoms with E-state index in [1.54, 1.807) is 0 Å². The van der Waals surface area contributed by atoms with Crippen LogP contribution in [0.5, 0.6) is 0 Å². The maximum Gasteiger partial charge on any atom is 0.253 e. The number of likely N-dealkylation sites (tertiary alicyclic amines) is 1. The van der Waals surface area contributed by atoms with Gasteiger partial charge in [0.1, 0.15) is 0 Å². The van der Waals surface area contributed by atoms with E-state index in [9.17, 15) is 4.79 Å². The van der Waals surface area contributed by atoms with Crippen LogP contribution in [0.2, 0.25) is 0 Å². The SMILES string of the molecule is CC(C)c1ccc(C(=O)N2CCC3(C=Cc4ncccc43)CC2)cc1. The summed E-state index contributed by atoms with van der Waals surface area (Å²) in [4.78, 5) is 19.3. The smallest absolute Gasteiger partial charge is 0.253 e. The van der Waals surface area contributed by atoms with Gasteiger partial charge in [0.25, 0.3) is 5.91 Å². The average molecular weight is 332 g/mol. The number of rotatable bonds is 2. The highest BCUT2D eigenvalue weighted by Gasteiger charge is 2.39. The minimum absolute atomic E-state index is 0.0713. The Balaban J connectivity index is 1.47. The van der Waals surface area contributed by atoms with Gasteiger partial charge in [-0.3, -0.25) is 9.78 Å². The fraction of sp³-hybridized carbons (Fsp3) is 0.364. The second-order valence-corrected chi connectivity index (χ2v) is 7.49. The molecule has 1 amide bonds. The molecule has 0 unspecified atom stereocenters. The monoisotopic (exact) mass is 332 g/mol. The van der Waals surface area contributed by atoms with Crippen LogP contribution in [0.3, 0.4) is 0 Å². The van der Waals surface area contributed by atoms with E-state index in [0.717, 1.165) is 37.2 Å². The molecule has 0 bridgehead atoms. The second kappa shape index (κ2) is 6.14. The van der Waals surface area contributed by atoms with Crippen LogP contribution in [0.25, 0.3) is 6.08 Å². The van der Waals surface area contributed by atoms with Gasteiger partial charge in [-0.15, -0.1) is 0 Å². The van der Waals surface area contributed by atoms with Crippen molar-refractivity contribution in [2.75, 3.05) is 13.1 Å². The summed E-state index contributed by atoms with van der Waals surface area (Å²) < 4.78 is 0. The molecule has 1 aliphatic carbocycles. The molecule has 0 radical (unpaired) electrons. The van der Waals surface area contributed by atoms with Gasteiger partial charge >= 0.3 is 0 Å². The topological polar surface area (TPSA) is 33.2 Å². The average Bonchev–Trinajstić information content (AvgIpc) is 3.01. The summed E-state index contributed by atoms with van der Waals surface area (Å²) in [7, 11) is 0. The van der Waals surface area contributed by atoms with E-state index in [0.29, 0.717) is 5.92 Å². The van der Waals surface area contributed by atoms with Crippen LogP contribution in [0.1, 0.15) is 59.8 Å². The number of piperidine rings is 1. The van der Waals surface area contributed by atoms with Gasteiger partial charge in [0.2, 0.25) is 0 Å². The van der Waals surface area contributed by atoms with E-state index in [-0.39, 0.29) is 11.3 Å². The van der Waals surface area contributed by atoms with Gasteiger partial charge in [0.05, 0.1) is 5.69 Å². The number of hydrogen-bond donors (Lipinski definition) is 0. The van der Waals surface area contributed by atoms with Crippen molar-refractivity contribution in [2.24, 2.45) is 0 Å². The molecule has 2 aromatic rings. The van der Waals surface area contributed by atoms with Crippen molar-refractivity contribution in [2.45, 2.75) is 38.0 Å². The summed E-state index contributed by atoms with van der Waals surface area (Å²) in [6.07, 6.45) is 8.22. The first-order valence-electron chi connectivity index (χ1n) is 9.13. The van der Waals surface area contributed by atoms with Gasteiger partial charge in [-0.2, -0.15) is 0 Å². The van der Waals surface area contributed by atoms with E-state index in [1.807, 2.05) is 29.3 Å². The lowest BCUT2D eigenvalue weighted by Gasteiger charge is -2.39. The highest BCUT2D eigenvalue weighted by molar-refractivity contribution is 5.94. The van der Waals surface area contributed by atoms with Gasteiger partial charge in [-0.05, 0) is 54.2 Å². The zero-order valence-electron chi connectivity index (χ0n) is 14.9. The summed E-state index contributed by atoms with van der Waals surface area (Å²) >= 11 is 0. The fourth-order valence-electron chi connectivity index (χ4n) is 4.04. The van der Waals surface area contributed by atoms with Crippen LogP contribution < -0.4 is 0 Å². The molecular weight excluding hydrogens is 308 g/mol. The number of amides is 1. The Kier molecular flexibility index (Phi) is 3.95. The molecule has 1 aliphatic heterocycles. The maximum absolute atomic E-state index is 12.8. The van der Waals surface area contributed by atoms with Crippen molar-refractivity contribution < 1.29 is 4.79 Å². The van der Waals surface area contributed by atoms with Crippen molar-refractivity contribution >= 4 is 12.0 Å². The van der Waals surface area contributed by atoms with Gasteiger partial charge in [0.15, 0.2) is 0 Å². The number of carbonyl (C=O) groups is 1. The second-order valence-electron chi connectivity index (χ2n) is 7.49. The third kappa shape index (κ3) is 2.78. The Morgan fingerprint density at radius 2 is 1.84 bits per heavy atom. The molecule has 2 aliphatic rings. The summed E-state index contributed by atoms with van der Waals surface area (Å²) in [5, 5.41) is 0. The first-order valence-corrected chi connectivity index (χ1v) is 9.13. The number of carbonyl (C=O) groups excluding carboxylic acids is 1. The van der Waals surface area contributed by atoms with E-state index in [2.05, 4.69) is 49.2 Å². The predicted molar refractivity (Wildman–Crippen MR) is 101 cm³/mol. The molecule has 2 heterocycles. The van der Waals surface area contributed by atoms with Gasteiger partial charge in [-0.1, -0.05) is 38.1 Å². The van der Waals surface area contributed by atoms with Crippen molar-refractivity contribution in [3.05, 3.63) is 71.1 Å². The van der Waals surface area contributed by atoms with E-state index < -0.39 is 0 Å². The molecule has 1 saturated heterocycles. The maximum atomic E-state index is 12.8. The molecular formula is C22H24N2O. The normalized spacial score (nSPS) is 18.0. The molecule has 0 N–H and O–H groups in total. The zero-order valence-corrected chi connectivity index (χ0v) is 14.9. The zero-order chi connectivity index (χ0) is 17.4. The van der Waals surface area contributed by atoms with Crippen LogP contribution in [-0.2, 0) is 5.41 Å². The van der Waals surface area contributed by atoms with E-state index in [1.165, 1.54) is 11.1 Å². The first kappa shape index (κ1) is 16.1. The standard InChI is InChI=1S/C22H24N2O/c1-16(2)17-5-7-18(8-6-17)21(25)24-14-11-22(12-15-24)10-9-20-19(22)4-3-13-23-20/h3-10,13,16H,11-12,14-15H2,1-2H3.